The minimum atomic E-state index is -0.129. The molecule has 114 valence electrons. The van der Waals surface area contributed by atoms with Crippen molar-refractivity contribution in [1.29, 1.82) is 0 Å². The highest BCUT2D eigenvalue weighted by Crippen LogP contribution is 2.34. The Balaban J connectivity index is 1.68. The van der Waals surface area contributed by atoms with Gasteiger partial charge in [-0.25, -0.2) is 9.97 Å². The Bertz CT molecular complexity index is 1020. The van der Waals surface area contributed by atoms with E-state index in [-0.39, 0.29) is 10.8 Å². The molecule has 6 heteroatoms. The summed E-state index contributed by atoms with van der Waals surface area (Å²) < 4.78 is 5.71. The number of hydrogen-bond donors (Lipinski definition) is 1. The van der Waals surface area contributed by atoms with Crippen molar-refractivity contribution in [2.24, 2.45) is 0 Å². The van der Waals surface area contributed by atoms with Gasteiger partial charge >= 0.3 is 0 Å². The predicted molar refractivity (Wildman–Crippen MR) is 90.6 cm³/mol. The van der Waals surface area contributed by atoms with E-state index in [1.807, 2.05) is 49.4 Å². The van der Waals surface area contributed by atoms with Crippen LogP contribution in [0, 0.1) is 0 Å². The Hall–Kier alpha value is -2.60. The van der Waals surface area contributed by atoms with Crippen LogP contribution in [-0.2, 0) is 0 Å². The molecule has 2 aromatic carbocycles. The van der Waals surface area contributed by atoms with Crippen LogP contribution in [0.5, 0.6) is 0 Å². The first-order valence-corrected chi connectivity index (χ1v) is 8.10. The van der Waals surface area contributed by atoms with Crippen molar-refractivity contribution in [2.75, 3.05) is 0 Å². The summed E-state index contributed by atoms with van der Waals surface area (Å²) in [6, 6.07) is 14.9. The molecule has 2 aromatic heterocycles. The molecule has 5 nitrogen and oxygen atoms in total. The predicted octanol–water partition coefficient (Wildman–Crippen LogP) is 3.92. The van der Waals surface area contributed by atoms with Crippen LogP contribution in [0.15, 0.2) is 63.0 Å². The number of aromatic amines is 1. The van der Waals surface area contributed by atoms with Crippen LogP contribution in [0.1, 0.15) is 18.0 Å². The van der Waals surface area contributed by atoms with Gasteiger partial charge in [0, 0.05) is 0 Å². The Morgan fingerprint density at radius 1 is 1.04 bits per heavy atom. The second-order valence-electron chi connectivity index (χ2n) is 5.18. The SMILES string of the molecule is C[C@H](Sc1nc2ccccc2o1)c1nc2ccccc2c(=O)[nH]1. The zero-order valence-corrected chi connectivity index (χ0v) is 13.1. The fraction of sp³-hybridized carbons (Fsp3) is 0.118. The molecule has 0 saturated carbocycles. The average molecular weight is 323 g/mol. The Morgan fingerprint density at radius 3 is 2.61 bits per heavy atom. The van der Waals surface area contributed by atoms with Crippen LogP contribution < -0.4 is 5.56 Å². The van der Waals surface area contributed by atoms with Gasteiger partial charge in [-0.15, -0.1) is 0 Å². The van der Waals surface area contributed by atoms with Crippen molar-refractivity contribution < 1.29 is 4.42 Å². The van der Waals surface area contributed by atoms with Crippen LogP contribution >= 0.6 is 11.8 Å². The summed E-state index contributed by atoms with van der Waals surface area (Å²) >= 11 is 1.43. The van der Waals surface area contributed by atoms with Crippen LogP contribution in [0.25, 0.3) is 22.0 Å². The summed E-state index contributed by atoms with van der Waals surface area (Å²) in [6.07, 6.45) is 0. The molecule has 0 unspecified atom stereocenters. The number of oxazole rings is 1. The molecule has 0 aliphatic rings. The van der Waals surface area contributed by atoms with Gasteiger partial charge in [-0.2, -0.15) is 0 Å². The number of nitrogens with one attached hydrogen (secondary N) is 1. The fourth-order valence-corrected chi connectivity index (χ4v) is 3.22. The smallest absolute Gasteiger partial charge is 0.258 e. The van der Waals surface area contributed by atoms with Crippen molar-refractivity contribution in [3.63, 3.8) is 0 Å². The van der Waals surface area contributed by atoms with Crippen LogP contribution in [0.2, 0.25) is 0 Å². The van der Waals surface area contributed by atoms with Gasteiger partial charge in [0.1, 0.15) is 11.3 Å². The highest BCUT2D eigenvalue weighted by molar-refractivity contribution is 7.99. The maximum Gasteiger partial charge on any atom is 0.258 e. The van der Waals surface area contributed by atoms with Crippen LogP contribution in [-0.4, -0.2) is 15.0 Å². The maximum absolute atomic E-state index is 12.2. The van der Waals surface area contributed by atoms with Crippen molar-refractivity contribution in [3.05, 3.63) is 64.7 Å². The molecule has 0 aliphatic heterocycles. The molecule has 0 bridgehead atoms. The van der Waals surface area contributed by atoms with Crippen LogP contribution in [0.3, 0.4) is 0 Å². The van der Waals surface area contributed by atoms with Gasteiger partial charge in [0.25, 0.3) is 10.8 Å². The van der Waals surface area contributed by atoms with Gasteiger partial charge in [-0.05, 0) is 31.2 Å². The zero-order valence-electron chi connectivity index (χ0n) is 12.3. The van der Waals surface area contributed by atoms with E-state index in [1.165, 1.54) is 11.8 Å². The van der Waals surface area contributed by atoms with Gasteiger partial charge in [-0.1, -0.05) is 36.0 Å². The second-order valence-corrected chi connectivity index (χ2v) is 6.47. The highest BCUT2D eigenvalue weighted by atomic mass is 32.2. The first kappa shape index (κ1) is 14.0. The minimum Gasteiger partial charge on any atom is -0.431 e. The maximum atomic E-state index is 12.2. The van der Waals surface area contributed by atoms with E-state index >= 15 is 0 Å². The molecular formula is C17H13N3O2S. The third kappa shape index (κ3) is 2.61. The summed E-state index contributed by atoms with van der Waals surface area (Å²) in [5, 5.41) is 1.07. The lowest BCUT2D eigenvalue weighted by atomic mass is 10.2. The van der Waals surface area contributed by atoms with Crippen LogP contribution in [0.4, 0.5) is 0 Å². The number of rotatable bonds is 3. The number of fused-ring (bicyclic) bond motifs is 2. The highest BCUT2D eigenvalue weighted by Gasteiger charge is 2.16. The lowest BCUT2D eigenvalue weighted by Gasteiger charge is -2.08. The van der Waals surface area contributed by atoms with E-state index in [2.05, 4.69) is 15.0 Å². The number of H-pyrrole nitrogens is 1. The zero-order chi connectivity index (χ0) is 15.8. The molecule has 1 atom stereocenters. The molecule has 4 aromatic rings. The fourth-order valence-electron chi connectivity index (χ4n) is 2.41. The second kappa shape index (κ2) is 5.55. The molecule has 0 amide bonds. The molecule has 1 N–H and O–H groups in total. The third-order valence-electron chi connectivity index (χ3n) is 3.57. The van der Waals surface area contributed by atoms with Gasteiger partial charge in [-0.3, -0.25) is 4.79 Å². The van der Waals surface area contributed by atoms with E-state index in [0.717, 1.165) is 11.1 Å². The van der Waals surface area contributed by atoms with E-state index in [1.54, 1.807) is 6.07 Å². The summed E-state index contributed by atoms with van der Waals surface area (Å²) in [4.78, 5) is 24.0. The Kier molecular flexibility index (Phi) is 3.38. The molecule has 0 aliphatic carbocycles. The largest absolute Gasteiger partial charge is 0.431 e. The first-order chi connectivity index (χ1) is 11.2. The molecule has 4 rings (SSSR count). The molecule has 23 heavy (non-hydrogen) atoms. The summed E-state index contributed by atoms with van der Waals surface area (Å²) in [5.41, 5.74) is 2.14. The number of thioether (sulfide) groups is 1. The molecule has 0 spiro atoms. The monoisotopic (exact) mass is 323 g/mol. The quantitative estimate of drug-likeness (QED) is 0.579. The minimum absolute atomic E-state index is 0.0830. The van der Waals surface area contributed by atoms with E-state index < -0.39 is 0 Å². The molecular weight excluding hydrogens is 310 g/mol. The number of nitrogens with zero attached hydrogens (tertiary/aromatic N) is 2. The van der Waals surface area contributed by atoms with Crippen molar-refractivity contribution in [1.82, 2.24) is 15.0 Å². The number of aromatic nitrogens is 3. The first-order valence-electron chi connectivity index (χ1n) is 7.22. The molecule has 0 radical (unpaired) electrons. The number of hydrogen-bond acceptors (Lipinski definition) is 5. The lowest BCUT2D eigenvalue weighted by molar-refractivity contribution is 0.488. The van der Waals surface area contributed by atoms with E-state index in [0.29, 0.717) is 22.0 Å². The Labute approximate surface area is 135 Å². The normalized spacial score (nSPS) is 12.7. The average Bonchev–Trinajstić information content (AvgIpc) is 2.97. The van der Waals surface area contributed by atoms with E-state index in [9.17, 15) is 4.79 Å². The number of benzene rings is 2. The van der Waals surface area contributed by atoms with Gasteiger partial charge < -0.3 is 9.40 Å². The van der Waals surface area contributed by atoms with Crippen molar-refractivity contribution in [2.45, 2.75) is 17.4 Å². The van der Waals surface area contributed by atoms with Gasteiger partial charge in [0.05, 0.1) is 16.2 Å². The molecule has 0 fully saturated rings. The van der Waals surface area contributed by atoms with Crippen molar-refractivity contribution in [3.8, 4) is 0 Å². The Morgan fingerprint density at radius 2 is 1.78 bits per heavy atom. The van der Waals surface area contributed by atoms with E-state index in [4.69, 9.17) is 4.42 Å². The standard InChI is InChI=1S/C17H13N3O2S/c1-10(23-17-19-13-8-4-5-9-14(13)22-17)15-18-12-7-3-2-6-11(12)16(21)20-15/h2-10H,1H3,(H,18,20,21)/t10-/m0/s1. The lowest BCUT2D eigenvalue weighted by Crippen LogP contribution is -2.12. The van der Waals surface area contributed by atoms with Crippen molar-refractivity contribution >= 4 is 33.8 Å². The third-order valence-corrected chi connectivity index (χ3v) is 4.52. The summed E-state index contributed by atoms with van der Waals surface area (Å²) in [7, 11) is 0. The topological polar surface area (TPSA) is 71.8 Å². The molecule has 2 heterocycles. The summed E-state index contributed by atoms with van der Waals surface area (Å²) in [6.45, 7) is 1.96. The number of para-hydroxylation sites is 3. The summed E-state index contributed by atoms with van der Waals surface area (Å²) in [5.74, 6) is 0.612. The molecule has 0 saturated heterocycles. The van der Waals surface area contributed by atoms with Gasteiger partial charge in [0.2, 0.25) is 0 Å². The van der Waals surface area contributed by atoms with Gasteiger partial charge in [0.15, 0.2) is 5.58 Å².